The second-order valence-electron chi connectivity index (χ2n) is 5.25. The van der Waals surface area contributed by atoms with Crippen molar-refractivity contribution >= 4 is 50.5 Å². The molecule has 0 aliphatic carbocycles. The predicted octanol–water partition coefficient (Wildman–Crippen LogP) is 2.57. The maximum Gasteiger partial charge on any atom is 0.265 e. The van der Waals surface area contributed by atoms with Gasteiger partial charge in [0.05, 0.1) is 42.8 Å². The largest absolute Gasteiger partial charge is 0.332 e. The molecular formula is C15H17Cl2N2OS+. The third kappa shape index (κ3) is 2.78. The second-order valence-corrected chi connectivity index (χ2v) is 7.09. The van der Waals surface area contributed by atoms with Crippen LogP contribution in [0.2, 0.25) is 10.0 Å². The molecule has 6 heteroatoms. The first-order valence-electron chi connectivity index (χ1n) is 7.11. The lowest BCUT2D eigenvalue weighted by Gasteiger charge is -2.31. The first kappa shape index (κ1) is 15.1. The van der Waals surface area contributed by atoms with Crippen LogP contribution in [0.3, 0.4) is 0 Å². The first-order valence-corrected chi connectivity index (χ1v) is 8.68. The minimum Gasteiger partial charge on any atom is -0.332 e. The third-order valence-electron chi connectivity index (χ3n) is 4.06. The van der Waals surface area contributed by atoms with Gasteiger partial charge in [0.1, 0.15) is 4.88 Å². The summed E-state index contributed by atoms with van der Waals surface area (Å²) in [6, 6.07) is 5.64. The number of quaternary nitrogens is 1. The fraction of sp³-hybridized carbons (Fsp3) is 0.400. The summed E-state index contributed by atoms with van der Waals surface area (Å²) in [6.45, 7) is 6.89. The summed E-state index contributed by atoms with van der Waals surface area (Å²) in [5.41, 5.74) is 0. The number of likely N-dealkylation sites (N-methyl/N-ethyl adjacent to an activating group) is 1. The summed E-state index contributed by atoms with van der Waals surface area (Å²) in [5, 5.41) is 1.90. The van der Waals surface area contributed by atoms with E-state index in [-0.39, 0.29) is 5.91 Å². The molecule has 0 saturated carbocycles. The van der Waals surface area contributed by atoms with Crippen molar-refractivity contribution in [1.29, 1.82) is 0 Å². The zero-order valence-electron chi connectivity index (χ0n) is 11.8. The van der Waals surface area contributed by atoms with Crippen molar-refractivity contribution in [2.24, 2.45) is 0 Å². The van der Waals surface area contributed by atoms with Crippen LogP contribution in [0.15, 0.2) is 18.2 Å². The standard InChI is InChI=1S/C15H16Cl2N2OS/c1-2-18-6-8-19(9-7-18)15(20)14-13(17)12-10(16)4-3-5-11(12)21-14/h3-5H,2,6-9H2,1H3/p+1. The van der Waals surface area contributed by atoms with Gasteiger partial charge < -0.3 is 9.80 Å². The van der Waals surface area contributed by atoms with Crippen molar-refractivity contribution < 1.29 is 9.69 Å². The number of hydrogen-bond acceptors (Lipinski definition) is 2. The molecule has 1 saturated heterocycles. The Balaban J connectivity index is 1.89. The molecule has 1 fully saturated rings. The maximum atomic E-state index is 12.7. The Bertz CT molecular complexity index is 678. The highest BCUT2D eigenvalue weighted by molar-refractivity contribution is 7.21. The van der Waals surface area contributed by atoms with Crippen LogP contribution in [0.4, 0.5) is 0 Å². The molecule has 0 spiro atoms. The molecule has 1 amide bonds. The van der Waals surface area contributed by atoms with Crippen LogP contribution in [0.5, 0.6) is 0 Å². The molecule has 1 aliphatic rings. The average molecular weight is 344 g/mol. The van der Waals surface area contributed by atoms with Crippen molar-refractivity contribution in [2.75, 3.05) is 32.7 Å². The minimum absolute atomic E-state index is 0.0346. The smallest absolute Gasteiger partial charge is 0.265 e. The van der Waals surface area contributed by atoms with Crippen molar-refractivity contribution in [1.82, 2.24) is 4.90 Å². The van der Waals surface area contributed by atoms with Crippen LogP contribution < -0.4 is 4.90 Å². The molecule has 1 aliphatic heterocycles. The van der Waals surface area contributed by atoms with E-state index >= 15 is 0 Å². The highest BCUT2D eigenvalue weighted by atomic mass is 35.5. The molecule has 2 aromatic rings. The summed E-state index contributed by atoms with van der Waals surface area (Å²) >= 11 is 14.0. The number of halogens is 2. The maximum absolute atomic E-state index is 12.7. The Hall–Kier alpha value is -0.810. The fourth-order valence-corrected chi connectivity index (χ4v) is 4.65. The van der Waals surface area contributed by atoms with Crippen molar-refractivity contribution in [2.45, 2.75) is 6.92 Å². The number of amides is 1. The molecule has 0 bridgehead atoms. The zero-order chi connectivity index (χ0) is 15.0. The van der Waals surface area contributed by atoms with Gasteiger partial charge in [-0.1, -0.05) is 29.3 Å². The van der Waals surface area contributed by atoms with Gasteiger partial charge in [-0.3, -0.25) is 4.79 Å². The number of rotatable bonds is 2. The van der Waals surface area contributed by atoms with Gasteiger partial charge in [0, 0.05) is 10.1 Å². The van der Waals surface area contributed by atoms with Crippen molar-refractivity contribution in [3.63, 3.8) is 0 Å². The Kier molecular flexibility index (Phi) is 4.41. The van der Waals surface area contributed by atoms with E-state index in [4.69, 9.17) is 23.2 Å². The van der Waals surface area contributed by atoms with Gasteiger partial charge in [0.2, 0.25) is 0 Å². The summed E-state index contributed by atoms with van der Waals surface area (Å²) in [5.74, 6) is 0.0346. The van der Waals surface area contributed by atoms with E-state index in [1.54, 1.807) is 11.0 Å². The molecular weight excluding hydrogens is 327 g/mol. The van der Waals surface area contributed by atoms with E-state index in [9.17, 15) is 4.79 Å². The fourth-order valence-electron chi connectivity index (χ4n) is 2.73. The summed E-state index contributed by atoms with van der Waals surface area (Å²) in [4.78, 5) is 16.8. The number of piperazine rings is 1. The number of carbonyl (C=O) groups is 1. The molecule has 112 valence electrons. The van der Waals surface area contributed by atoms with Gasteiger partial charge >= 0.3 is 0 Å². The quantitative estimate of drug-likeness (QED) is 0.890. The van der Waals surface area contributed by atoms with Crippen molar-refractivity contribution in [3.05, 3.63) is 33.1 Å². The molecule has 1 aromatic heterocycles. The lowest BCUT2D eigenvalue weighted by atomic mass is 10.2. The predicted molar refractivity (Wildman–Crippen MR) is 89.0 cm³/mol. The molecule has 0 unspecified atom stereocenters. The number of thiophene rings is 1. The van der Waals surface area contributed by atoms with Gasteiger partial charge in [-0.05, 0) is 19.1 Å². The van der Waals surface area contributed by atoms with E-state index in [0.29, 0.717) is 14.9 Å². The topological polar surface area (TPSA) is 24.8 Å². The Morgan fingerprint density at radius 1 is 1.33 bits per heavy atom. The summed E-state index contributed by atoms with van der Waals surface area (Å²) in [6.07, 6.45) is 0. The number of nitrogens with one attached hydrogen (secondary N) is 1. The highest BCUT2D eigenvalue weighted by Gasteiger charge is 2.27. The van der Waals surface area contributed by atoms with E-state index in [1.165, 1.54) is 11.3 Å². The number of carbonyl (C=O) groups excluding carboxylic acids is 1. The normalized spacial score (nSPS) is 16.6. The van der Waals surface area contributed by atoms with Gasteiger partial charge in [-0.2, -0.15) is 0 Å². The number of benzene rings is 1. The van der Waals surface area contributed by atoms with Crippen LogP contribution >= 0.6 is 34.5 Å². The van der Waals surface area contributed by atoms with Crippen LogP contribution in [0, 0.1) is 0 Å². The molecule has 3 rings (SSSR count). The van der Waals surface area contributed by atoms with Gasteiger partial charge in [-0.25, -0.2) is 0 Å². The number of hydrogen-bond donors (Lipinski definition) is 1. The molecule has 1 aromatic carbocycles. The van der Waals surface area contributed by atoms with Crippen LogP contribution in [0.25, 0.3) is 10.1 Å². The van der Waals surface area contributed by atoms with Crippen LogP contribution in [-0.2, 0) is 0 Å². The van der Waals surface area contributed by atoms with Gasteiger partial charge in [-0.15, -0.1) is 11.3 Å². The molecule has 0 atom stereocenters. The molecule has 2 heterocycles. The van der Waals surface area contributed by atoms with Gasteiger partial charge in [0.25, 0.3) is 5.91 Å². The zero-order valence-corrected chi connectivity index (χ0v) is 14.1. The third-order valence-corrected chi connectivity index (χ3v) is 6.01. The SMILES string of the molecule is CC[NH+]1CCN(C(=O)c2sc3cccc(Cl)c3c2Cl)CC1. The lowest BCUT2D eigenvalue weighted by Crippen LogP contribution is -3.14. The second kappa shape index (κ2) is 6.13. The molecule has 1 N–H and O–H groups in total. The van der Waals surface area contributed by atoms with E-state index in [0.717, 1.165) is 42.8 Å². The summed E-state index contributed by atoms with van der Waals surface area (Å²) < 4.78 is 0.966. The molecule has 21 heavy (non-hydrogen) atoms. The monoisotopic (exact) mass is 343 g/mol. The van der Waals surface area contributed by atoms with E-state index < -0.39 is 0 Å². The van der Waals surface area contributed by atoms with E-state index in [1.807, 2.05) is 17.0 Å². The summed E-state index contributed by atoms with van der Waals surface area (Å²) in [7, 11) is 0. The van der Waals surface area contributed by atoms with Crippen molar-refractivity contribution in [3.8, 4) is 0 Å². The lowest BCUT2D eigenvalue weighted by molar-refractivity contribution is -0.902. The number of fused-ring (bicyclic) bond motifs is 1. The molecule has 0 radical (unpaired) electrons. The Labute approximate surface area is 138 Å². The highest BCUT2D eigenvalue weighted by Crippen LogP contribution is 2.39. The Morgan fingerprint density at radius 3 is 2.67 bits per heavy atom. The molecule has 3 nitrogen and oxygen atoms in total. The van der Waals surface area contributed by atoms with Gasteiger partial charge in [0.15, 0.2) is 0 Å². The first-order chi connectivity index (χ1) is 10.1. The number of nitrogens with zero attached hydrogens (tertiary/aromatic N) is 1. The van der Waals surface area contributed by atoms with Crippen LogP contribution in [-0.4, -0.2) is 43.5 Å². The Morgan fingerprint density at radius 2 is 2.05 bits per heavy atom. The van der Waals surface area contributed by atoms with Crippen LogP contribution in [0.1, 0.15) is 16.6 Å². The van der Waals surface area contributed by atoms with E-state index in [2.05, 4.69) is 6.92 Å². The minimum atomic E-state index is 0.0346. The average Bonchev–Trinajstić information content (AvgIpc) is 2.85.